The molecule has 0 radical (unpaired) electrons. The van der Waals surface area contributed by atoms with E-state index in [0.717, 1.165) is 21.5 Å². The van der Waals surface area contributed by atoms with Crippen molar-refractivity contribution in [2.45, 2.75) is 20.8 Å². The van der Waals surface area contributed by atoms with Gasteiger partial charge in [0.25, 0.3) is 0 Å². The minimum atomic E-state index is 1.04. The fourth-order valence-corrected chi connectivity index (χ4v) is 2.32. The molecule has 0 fully saturated rings. The molecule has 2 nitrogen and oxygen atoms in total. The maximum atomic E-state index is 4.46. The molecule has 0 aliphatic rings. The zero-order valence-electron chi connectivity index (χ0n) is 9.08. The lowest BCUT2D eigenvalue weighted by Gasteiger charge is -2.07. The highest BCUT2D eigenvalue weighted by Crippen LogP contribution is 2.23. The van der Waals surface area contributed by atoms with Crippen LogP contribution in [0.5, 0.6) is 0 Å². The SMILES string of the molecule is Cc1ccc(-n2nc(C)cc2C)c(Br)c1. The topological polar surface area (TPSA) is 17.8 Å². The third kappa shape index (κ3) is 1.97. The minimum Gasteiger partial charge on any atom is -0.237 e. The van der Waals surface area contributed by atoms with Crippen LogP contribution in [0.4, 0.5) is 0 Å². The van der Waals surface area contributed by atoms with Crippen LogP contribution in [0.15, 0.2) is 28.7 Å². The summed E-state index contributed by atoms with van der Waals surface area (Å²) in [5.74, 6) is 0. The van der Waals surface area contributed by atoms with Crippen molar-refractivity contribution < 1.29 is 0 Å². The summed E-state index contributed by atoms with van der Waals surface area (Å²) in [5.41, 5.74) is 4.52. The van der Waals surface area contributed by atoms with Crippen LogP contribution in [-0.4, -0.2) is 9.78 Å². The summed E-state index contributed by atoms with van der Waals surface area (Å²) in [6.07, 6.45) is 0. The molecule has 1 aromatic heterocycles. The van der Waals surface area contributed by atoms with Gasteiger partial charge in [0.1, 0.15) is 0 Å². The predicted molar refractivity (Wildman–Crippen MR) is 65.5 cm³/mol. The van der Waals surface area contributed by atoms with Crippen molar-refractivity contribution in [2.24, 2.45) is 0 Å². The molecular weight excluding hydrogens is 252 g/mol. The third-order valence-electron chi connectivity index (χ3n) is 2.34. The van der Waals surface area contributed by atoms with E-state index < -0.39 is 0 Å². The molecule has 0 saturated heterocycles. The van der Waals surface area contributed by atoms with E-state index in [2.05, 4.69) is 59.1 Å². The van der Waals surface area contributed by atoms with Crippen molar-refractivity contribution in [3.05, 3.63) is 45.7 Å². The Morgan fingerprint density at radius 3 is 2.40 bits per heavy atom. The van der Waals surface area contributed by atoms with Crippen molar-refractivity contribution >= 4 is 15.9 Å². The highest BCUT2D eigenvalue weighted by molar-refractivity contribution is 9.10. The number of benzene rings is 1. The van der Waals surface area contributed by atoms with Crippen LogP contribution in [0.3, 0.4) is 0 Å². The summed E-state index contributed by atoms with van der Waals surface area (Å²) in [5, 5.41) is 4.46. The summed E-state index contributed by atoms with van der Waals surface area (Å²) in [6.45, 7) is 6.15. The first-order valence-electron chi connectivity index (χ1n) is 4.88. The van der Waals surface area contributed by atoms with E-state index in [9.17, 15) is 0 Å². The van der Waals surface area contributed by atoms with E-state index in [1.807, 2.05) is 11.6 Å². The molecular formula is C12H13BrN2. The Balaban J connectivity index is 2.59. The van der Waals surface area contributed by atoms with Gasteiger partial charge in [-0.2, -0.15) is 5.10 Å². The molecule has 0 unspecified atom stereocenters. The second-order valence-corrected chi connectivity index (χ2v) is 4.65. The molecule has 1 aromatic carbocycles. The summed E-state index contributed by atoms with van der Waals surface area (Å²) in [6, 6.07) is 8.35. The average molecular weight is 265 g/mol. The van der Waals surface area contributed by atoms with Crippen molar-refractivity contribution in [2.75, 3.05) is 0 Å². The molecule has 1 heterocycles. The summed E-state index contributed by atoms with van der Waals surface area (Å²) >= 11 is 3.57. The Hall–Kier alpha value is -1.09. The number of halogens is 1. The predicted octanol–water partition coefficient (Wildman–Crippen LogP) is 3.56. The zero-order valence-corrected chi connectivity index (χ0v) is 10.7. The zero-order chi connectivity index (χ0) is 11.0. The minimum absolute atomic E-state index is 1.04. The summed E-state index contributed by atoms with van der Waals surface area (Å²) in [7, 11) is 0. The molecule has 2 rings (SSSR count). The number of aromatic nitrogens is 2. The number of nitrogens with zero attached hydrogens (tertiary/aromatic N) is 2. The van der Waals surface area contributed by atoms with Crippen LogP contribution in [-0.2, 0) is 0 Å². The van der Waals surface area contributed by atoms with Crippen molar-refractivity contribution in [1.29, 1.82) is 0 Å². The lowest BCUT2D eigenvalue weighted by Crippen LogP contribution is -2.00. The molecule has 0 atom stereocenters. The molecule has 0 saturated carbocycles. The molecule has 0 bridgehead atoms. The normalized spacial score (nSPS) is 10.7. The Morgan fingerprint density at radius 2 is 1.87 bits per heavy atom. The van der Waals surface area contributed by atoms with Crippen LogP contribution >= 0.6 is 15.9 Å². The lowest BCUT2D eigenvalue weighted by molar-refractivity contribution is 0.829. The molecule has 15 heavy (non-hydrogen) atoms. The molecule has 2 aromatic rings. The van der Waals surface area contributed by atoms with Crippen LogP contribution < -0.4 is 0 Å². The second kappa shape index (κ2) is 3.81. The van der Waals surface area contributed by atoms with Crippen LogP contribution in [0.1, 0.15) is 17.0 Å². The molecule has 0 spiro atoms. The van der Waals surface area contributed by atoms with Gasteiger partial charge in [-0.1, -0.05) is 6.07 Å². The summed E-state index contributed by atoms with van der Waals surface area (Å²) in [4.78, 5) is 0. The molecule has 0 amide bonds. The van der Waals surface area contributed by atoms with Gasteiger partial charge in [0.05, 0.1) is 11.4 Å². The van der Waals surface area contributed by atoms with Gasteiger partial charge in [-0.15, -0.1) is 0 Å². The quantitative estimate of drug-likeness (QED) is 0.770. The number of rotatable bonds is 1. The van der Waals surface area contributed by atoms with Gasteiger partial charge >= 0.3 is 0 Å². The Kier molecular flexibility index (Phi) is 2.65. The molecule has 3 heteroatoms. The van der Waals surface area contributed by atoms with Crippen molar-refractivity contribution in [3.63, 3.8) is 0 Å². The van der Waals surface area contributed by atoms with Crippen molar-refractivity contribution in [1.82, 2.24) is 9.78 Å². The number of hydrogen-bond acceptors (Lipinski definition) is 1. The van der Waals surface area contributed by atoms with Crippen LogP contribution in [0, 0.1) is 20.8 Å². The smallest absolute Gasteiger partial charge is 0.0790 e. The van der Waals surface area contributed by atoms with E-state index in [4.69, 9.17) is 0 Å². The third-order valence-corrected chi connectivity index (χ3v) is 2.98. The maximum Gasteiger partial charge on any atom is 0.0790 e. The van der Waals surface area contributed by atoms with Crippen LogP contribution in [0.2, 0.25) is 0 Å². The van der Waals surface area contributed by atoms with E-state index in [0.29, 0.717) is 0 Å². The van der Waals surface area contributed by atoms with Gasteiger partial charge in [0.2, 0.25) is 0 Å². The Labute approximate surface area is 98.1 Å². The van der Waals surface area contributed by atoms with Gasteiger partial charge in [0, 0.05) is 10.2 Å². The van der Waals surface area contributed by atoms with E-state index in [1.54, 1.807) is 0 Å². The number of hydrogen-bond donors (Lipinski definition) is 0. The second-order valence-electron chi connectivity index (χ2n) is 3.79. The fourth-order valence-electron chi connectivity index (χ4n) is 1.66. The van der Waals surface area contributed by atoms with Crippen molar-refractivity contribution in [3.8, 4) is 5.69 Å². The van der Waals surface area contributed by atoms with Gasteiger partial charge in [0.15, 0.2) is 0 Å². The first-order chi connectivity index (χ1) is 7.08. The van der Waals surface area contributed by atoms with Gasteiger partial charge in [-0.25, -0.2) is 4.68 Å². The monoisotopic (exact) mass is 264 g/mol. The Bertz CT molecular complexity index is 500. The van der Waals surface area contributed by atoms with Gasteiger partial charge in [-0.3, -0.25) is 0 Å². The molecule has 0 aliphatic carbocycles. The van der Waals surface area contributed by atoms with Crippen LogP contribution in [0.25, 0.3) is 5.69 Å². The molecule has 0 aliphatic heterocycles. The largest absolute Gasteiger partial charge is 0.237 e. The first kappa shape index (κ1) is 10.4. The highest BCUT2D eigenvalue weighted by atomic mass is 79.9. The first-order valence-corrected chi connectivity index (χ1v) is 5.67. The van der Waals surface area contributed by atoms with E-state index in [-0.39, 0.29) is 0 Å². The molecule has 78 valence electrons. The summed E-state index contributed by atoms with van der Waals surface area (Å²) < 4.78 is 3.03. The average Bonchev–Trinajstić information content (AvgIpc) is 2.45. The molecule has 0 N–H and O–H groups in total. The van der Waals surface area contributed by atoms with E-state index in [1.165, 1.54) is 5.56 Å². The van der Waals surface area contributed by atoms with Gasteiger partial charge < -0.3 is 0 Å². The Morgan fingerprint density at radius 1 is 1.13 bits per heavy atom. The maximum absolute atomic E-state index is 4.46. The fraction of sp³-hybridized carbons (Fsp3) is 0.250. The van der Waals surface area contributed by atoms with Gasteiger partial charge in [-0.05, 0) is 60.5 Å². The number of aryl methyl sites for hydroxylation is 3. The highest BCUT2D eigenvalue weighted by Gasteiger charge is 2.06. The van der Waals surface area contributed by atoms with E-state index >= 15 is 0 Å². The lowest BCUT2D eigenvalue weighted by atomic mass is 10.2. The standard InChI is InChI=1S/C12H13BrN2/c1-8-4-5-12(11(13)6-8)15-10(3)7-9(2)14-15/h4-7H,1-3H3.